The number of nitrogens with one attached hydrogen (secondary N) is 2. The molecule has 0 aliphatic heterocycles. The zero-order chi connectivity index (χ0) is 17.1. The van der Waals surface area contributed by atoms with E-state index in [1.54, 1.807) is 0 Å². The third kappa shape index (κ3) is 3.32. The van der Waals surface area contributed by atoms with E-state index in [1.165, 1.54) is 30.2 Å². The van der Waals surface area contributed by atoms with Crippen molar-refractivity contribution in [3.05, 3.63) is 63.1 Å². The predicted molar refractivity (Wildman–Crippen MR) is 97.3 cm³/mol. The largest absolute Gasteiger partial charge is 0.382 e. The van der Waals surface area contributed by atoms with Crippen LogP contribution >= 0.6 is 23.2 Å². The molecule has 1 heterocycles. The first kappa shape index (κ1) is 16.6. The summed E-state index contributed by atoms with van der Waals surface area (Å²) in [5.74, 6) is 0. The Morgan fingerprint density at radius 3 is 2.62 bits per heavy atom. The van der Waals surface area contributed by atoms with Crippen molar-refractivity contribution in [3.8, 4) is 0 Å². The van der Waals surface area contributed by atoms with Gasteiger partial charge in [0, 0.05) is 35.8 Å². The van der Waals surface area contributed by atoms with E-state index in [1.807, 2.05) is 24.4 Å². The summed E-state index contributed by atoms with van der Waals surface area (Å²) < 4.78 is 0. The van der Waals surface area contributed by atoms with Crippen molar-refractivity contribution in [2.45, 2.75) is 6.42 Å². The predicted octanol–water partition coefficient (Wildman–Crippen LogP) is 5.10. The van der Waals surface area contributed by atoms with Crippen LogP contribution in [0.4, 0.5) is 11.4 Å². The second-order valence-electron chi connectivity index (χ2n) is 5.26. The van der Waals surface area contributed by atoms with Gasteiger partial charge in [-0.3, -0.25) is 0 Å². The number of fused-ring (bicyclic) bond motifs is 1. The highest BCUT2D eigenvalue weighted by molar-refractivity contribution is 6.39. The van der Waals surface area contributed by atoms with E-state index in [2.05, 4.69) is 21.2 Å². The molecule has 2 N–H and O–H groups in total. The maximum atomic E-state index is 11.5. The lowest BCUT2D eigenvalue weighted by atomic mass is 10.1. The average Bonchev–Trinajstić information content (AvgIpc) is 2.99. The van der Waals surface area contributed by atoms with Gasteiger partial charge in [-0.15, -0.1) is 0 Å². The van der Waals surface area contributed by atoms with Crippen molar-refractivity contribution in [3.63, 3.8) is 0 Å². The van der Waals surface area contributed by atoms with Gasteiger partial charge in [0.2, 0.25) is 0 Å². The Morgan fingerprint density at radius 2 is 1.92 bits per heavy atom. The number of nitrogens with zero attached hydrogens (tertiary/aromatic N) is 1. The summed E-state index contributed by atoms with van der Waals surface area (Å²) >= 11 is 12.4. The van der Waals surface area contributed by atoms with E-state index in [0.717, 1.165) is 11.9 Å². The van der Waals surface area contributed by atoms with E-state index >= 15 is 0 Å². The minimum absolute atomic E-state index is 0.245. The molecule has 5 nitrogen and oxygen atoms in total. The van der Waals surface area contributed by atoms with Crippen LogP contribution in [0.15, 0.2) is 42.6 Å². The van der Waals surface area contributed by atoms with E-state index in [9.17, 15) is 4.91 Å². The number of benzene rings is 2. The maximum absolute atomic E-state index is 11.5. The van der Waals surface area contributed by atoms with Crippen molar-refractivity contribution in [1.82, 2.24) is 4.98 Å². The highest BCUT2D eigenvalue weighted by atomic mass is 35.5. The van der Waals surface area contributed by atoms with Crippen LogP contribution in [-0.2, 0) is 11.3 Å². The van der Waals surface area contributed by atoms with Crippen LogP contribution in [0.25, 0.3) is 10.9 Å². The summed E-state index contributed by atoms with van der Waals surface area (Å²) in [4.78, 5) is 19.7. The van der Waals surface area contributed by atoms with Crippen LogP contribution in [-0.4, -0.2) is 23.6 Å². The first-order chi connectivity index (χ1) is 11.6. The monoisotopic (exact) mass is 364 g/mol. The highest BCUT2D eigenvalue weighted by Crippen LogP contribution is 2.34. The molecule has 0 unspecified atom stereocenters. The molecule has 0 fully saturated rings. The lowest BCUT2D eigenvalue weighted by molar-refractivity contribution is -0.736. The Kier molecular flexibility index (Phi) is 4.92. The molecule has 2 aromatic carbocycles. The fourth-order valence-corrected chi connectivity index (χ4v) is 3.21. The molecule has 0 radical (unpaired) electrons. The molecule has 0 bridgehead atoms. The molecule has 0 saturated heterocycles. The molecular weight excluding hydrogens is 349 g/mol. The second kappa shape index (κ2) is 7.11. The summed E-state index contributed by atoms with van der Waals surface area (Å²) in [7, 11) is 1.28. The van der Waals surface area contributed by atoms with Gasteiger partial charge in [0.15, 0.2) is 7.11 Å². The van der Waals surface area contributed by atoms with E-state index in [0.29, 0.717) is 27.2 Å². The van der Waals surface area contributed by atoms with E-state index in [-0.39, 0.29) is 5.69 Å². The van der Waals surface area contributed by atoms with Gasteiger partial charge in [-0.1, -0.05) is 41.4 Å². The first-order valence-corrected chi connectivity index (χ1v) is 8.15. The Hall–Kier alpha value is -2.24. The number of anilines is 1. The van der Waals surface area contributed by atoms with Crippen LogP contribution in [0.2, 0.25) is 10.0 Å². The summed E-state index contributed by atoms with van der Waals surface area (Å²) in [5.41, 5.74) is 3.18. The molecule has 24 heavy (non-hydrogen) atoms. The fourth-order valence-electron chi connectivity index (χ4n) is 2.60. The molecule has 124 valence electrons. The van der Waals surface area contributed by atoms with Gasteiger partial charge in [-0.2, -0.15) is 0 Å². The van der Waals surface area contributed by atoms with Gasteiger partial charge in [0.05, 0.1) is 20.6 Å². The lowest BCUT2D eigenvalue weighted by Crippen LogP contribution is -2.06. The summed E-state index contributed by atoms with van der Waals surface area (Å²) in [6.07, 6.45) is 2.82. The molecule has 1 aromatic heterocycles. The molecule has 7 heteroatoms. The van der Waals surface area contributed by atoms with Crippen molar-refractivity contribution >= 4 is 45.5 Å². The normalized spacial score (nSPS) is 10.8. The van der Waals surface area contributed by atoms with Crippen molar-refractivity contribution in [2.24, 2.45) is 0 Å². The maximum Gasteiger partial charge on any atom is 0.319 e. The number of aromatic amines is 1. The number of hydrogen-bond donors (Lipinski definition) is 2. The smallest absolute Gasteiger partial charge is 0.319 e. The Morgan fingerprint density at radius 1 is 1.21 bits per heavy atom. The van der Waals surface area contributed by atoms with Gasteiger partial charge >= 0.3 is 5.69 Å². The molecule has 0 saturated carbocycles. The van der Waals surface area contributed by atoms with Crippen LogP contribution < -0.4 is 5.32 Å². The summed E-state index contributed by atoms with van der Waals surface area (Å²) in [5, 5.41) is 5.17. The van der Waals surface area contributed by atoms with Crippen LogP contribution in [0.3, 0.4) is 0 Å². The Balaban J connectivity index is 1.72. The average molecular weight is 365 g/mol. The molecule has 3 rings (SSSR count). The number of H-pyrrole nitrogens is 1. The summed E-state index contributed by atoms with van der Waals surface area (Å²) in [6.45, 7) is 0.659. The minimum atomic E-state index is 0.245. The van der Waals surface area contributed by atoms with Gasteiger partial charge in [0.1, 0.15) is 0 Å². The zero-order valence-electron chi connectivity index (χ0n) is 13.0. The topological polar surface area (TPSA) is 57.1 Å². The standard InChI is InChI=1S/C17H16Cl2N3O2/c1-24-22(23)12-8-14(18)17(15(19)9-12)20-7-6-11-10-21-16-5-3-2-4-13(11)16/h2-5,8-10,20-21H,6-7H2,1H3/q+1. The third-order valence-electron chi connectivity index (χ3n) is 3.77. The molecule has 0 amide bonds. The summed E-state index contributed by atoms with van der Waals surface area (Å²) in [6, 6.07) is 11.2. The second-order valence-corrected chi connectivity index (χ2v) is 6.07. The molecule has 0 atom stereocenters. The zero-order valence-corrected chi connectivity index (χ0v) is 14.5. The van der Waals surface area contributed by atoms with Crippen LogP contribution in [0.1, 0.15) is 5.56 Å². The van der Waals surface area contributed by atoms with Gasteiger partial charge < -0.3 is 10.3 Å². The van der Waals surface area contributed by atoms with E-state index < -0.39 is 0 Å². The number of rotatable bonds is 6. The molecule has 3 aromatic rings. The lowest BCUT2D eigenvalue weighted by Gasteiger charge is -2.09. The Bertz CT molecular complexity index is 869. The fraction of sp³-hybridized carbons (Fsp3) is 0.176. The van der Waals surface area contributed by atoms with Crippen LogP contribution in [0, 0.1) is 4.91 Å². The number of hydrogen-bond acceptors (Lipinski definition) is 3. The molecule has 0 aliphatic carbocycles. The van der Waals surface area contributed by atoms with E-state index in [4.69, 9.17) is 23.2 Å². The molecular formula is C17H16Cl2N3O2+. The number of para-hydroxylation sites is 1. The van der Waals surface area contributed by atoms with Crippen molar-refractivity contribution in [2.75, 3.05) is 19.0 Å². The molecule has 0 aliphatic rings. The highest BCUT2D eigenvalue weighted by Gasteiger charge is 2.19. The number of aromatic nitrogens is 1. The van der Waals surface area contributed by atoms with Gasteiger partial charge in [-0.05, 0) is 18.1 Å². The van der Waals surface area contributed by atoms with Gasteiger partial charge in [-0.25, -0.2) is 4.84 Å². The van der Waals surface area contributed by atoms with Crippen molar-refractivity contribution in [1.29, 1.82) is 0 Å². The first-order valence-electron chi connectivity index (χ1n) is 7.39. The molecule has 0 spiro atoms. The number of halogens is 2. The minimum Gasteiger partial charge on any atom is -0.382 e. The quantitative estimate of drug-likeness (QED) is 0.598. The van der Waals surface area contributed by atoms with Gasteiger partial charge in [0.25, 0.3) is 4.92 Å². The van der Waals surface area contributed by atoms with Crippen molar-refractivity contribution < 1.29 is 9.76 Å². The van der Waals surface area contributed by atoms with Crippen LogP contribution in [0.5, 0.6) is 0 Å². The Labute approximate surface area is 149 Å². The third-order valence-corrected chi connectivity index (χ3v) is 4.37. The SMILES string of the molecule is CO[N+](=O)c1cc(Cl)c(NCCc2c[nH]c3ccccc23)c(Cl)c1.